The molecule has 0 radical (unpaired) electrons. The van der Waals surface area contributed by atoms with Gasteiger partial charge in [0.05, 0.1) is 25.3 Å². The summed E-state index contributed by atoms with van der Waals surface area (Å²) in [7, 11) is 0. The SMILES string of the molecule is CCOC(=O)Cc1ccc(C(Nc2[nH][nH]c(=O)c2N=Nc2ccccc2)C(=O)OCC)s1. The summed E-state index contributed by atoms with van der Waals surface area (Å²) in [5.74, 6) is -0.696. The number of hydrogen-bond donors (Lipinski definition) is 3. The van der Waals surface area contributed by atoms with Crippen LogP contribution in [0.2, 0.25) is 0 Å². The number of azo groups is 1. The summed E-state index contributed by atoms with van der Waals surface area (Å²) < 4.78 is 10.2. The first-order valence-corrected chi connectivity index (χ1v) is 10.8. The summed E-state index contributed by atoms with van der Waals surface area (Å²) in [5.41, 5.74) is 0.0679. The normalized spacial score (nSPS) is 11.9. The predicted octanol–water partition coefficient (Wildman–Crippen LogP) is 4.00. The number of H-pyrrole nitrogens is 2. The quantitative estimate of drug-likeness (QED) is 0.311. The van der Waals surface area contributed by atoms with E-state index in [1.807, 2.05) is 6.07 Å². The van der Waals surface area contributed by atoms with Gasteiger partial charge in [-0.1, -0.05) is 18.2 Å². The maximum atomic E-state index is 12.7. The average molecular weight is 458 g/mol. The monoisotopic (exact) mass is 457 g/mol. The van der Waals surface area contributed by atoms with Gasteiger partial charge in [-0.25, -0.2) is 4.79 Å². The third-order valence-corrected chi connectivity index (χ3v) is 5.33. The van der Waals surface area contributed by atoms with E-state index in [2.05, 4.69) is 25.7 Å². The number of esters is 2. The number of hydrogen-bond acceptors (Lipinski definition) is 9. The van der Waals surface area contributed by atoms with Crippen molar-refractivity contribution in [2.45, 2.75) is 26.3 Å². The minimum atomic E-state index is -0.923. The van der Waals surface area contributed by atoms with Crippen LogP contribution in [0.15, 0.2) is 57.5 Å². The first-order valence-electron chi connectivity index (χ1n) is 9.96. The molecule has 0 amide bonds. The predicted molar refractivity (Wildman–Crippen MR) is 120 cm³/mol. The Labute approximate surface area is 187 Å². The van der Waals surface area contributed by atoms with Crippen molar-refractivity contribution in [1.82, 2.24) is 10.2 Å². The summed E-state index contributed by atoms with van der Waals surface area (Å²) in [6.45, 7) is 3.92. The van der Waals surface area contributed by atoms with Gasteiger partial charge in [0.25, 0.3) is 5.56 Å². The Morgan fingerprint density at radius 2 is 1.78 bits per heavy atom. The van der Waals surface area contributed by atoms with Gasteiger partial charge in [-0.05, 0) is 38.1 Å². The summed E-state index contributed by atoms with van der Waals surface area (Å²) in [4.78, 5) is 38.0. The zero-order valence-corrected chi connectivity index (χ0v) is 18.4. The first kappa shape index (κ1) is 22.9. The van der Waals surface area contributed by atoms with Crippen LogP contribution in [0.1, 0.15) is 29.6 Å². The van der Waals surface area contributed by atoms with Crippen molar-refractivity contribution in [3.8, 4) is 0 Å². The Morgan fingerprint density at radius 1 is 1.03 bits per heavy atom. The topological polar surface area (TPSA) is 138 Å². The van der Waals surface area contributed by atoms with Crippen LogP contribution in [0.4, 0.5) is 17.2 Å². The highest BCUT2D eigenvalue weighted by Gasteiger charge is 2.26. The van der Waals surface area contributed by atoms with Crippen molar-refractivity contribution in [2.24, 2.45) is 10.2 Å². The van der Waals surface area contributed by atoms with Gasteiger partial charge >= 0.3 is 11.9 Å². The number of carbonyl (C=O) groups excluding carboxylic acids is 2. The number of ether oxygens (including phenoxy) is 2. The van der Waals surface area contributed by atoms with E-state index < -0.39 is 17.6 Å². The summed E-state index contributed by atoms with van der Waals surface area (Å²) >= 11 is 1.27. The highest BCUT2D eigenvalue weighted by Crippen LogP contribution is 2.30. The van der Waals surface area contributed by atoms with Crippen molar-refractivity contribution in [2.75, 3.05) is 18.5 Å². The van der Waals surface area contributed by atoms with E-state index in [-0.39, 0.29) is 30.5 Å². The molecule has 3 rings (SSSR count). The standard InChI is InChI=1S/C21H23N5O5S/c1-3-30-16(27)12-14-10-11-15(32-14)17(21(29)31-4-2)22-19-18(20(28)26-25-19)24-23-13-8-6-5-7-9-13/h5-11,17H,3-4,12H2,1-2H3,(H3,22,25,26,28). The molecule has 10 nitrogen and oxygen atoms in total. The summed E-state index contributed by atoms with van der Waals surface area (Å²) in [5, 5.41) is 16.2. The van der Waals surface area contributed by atoms with Gasteiger partial charge < -0.3 is 14.8 Å². The molecule has 2 aromatic heterocycles. The molecule has 0 fully saturated rings. The molecular formula is C21H23N5O5S. The van der Waals surface area contributed by atoms with Crippen LogP contribution in [0.5, 0.6) is 0 Å². The second-order valence-electron chi connectivity index (χ2n) is 6.45. The number of carbonyl (C=O) groups is 2. The molecule has 32 heavy (non-hydrogen) atoms. The largest absolute Gasteiger partial charge is 0.466 e. The number of rotatable bonds is 10. The number of nitrogens with zero attached hydrogens (tertiary/aromatic N) is 2. The Hall–Kier alpha value is -3.73. The van der Waals surface area contributed by atoms with Gasteiger partial charge in [0.2, 0.25) is 0 Å². The van der Waals surface area contributed by atoms with E-state index in [0.29, 0.717) is 17.2 Å². The van der Waals surface area contributed by atoms with Crippen molar-refractivity contribution >= 4 is 40.5 Å². The molecule has 0 spiro atoms. The minimum Gasteiger partial charge on any atom is -0.466 e. The molecule has 3 N–H and O–H groups in total. The smallest absolute Gasteiger partial charge is 0.334 e. The first-order chi connectivity index (χ1) is 15.5. The molecule has 1 atom stereocenters. The highest BCUT2D eigenvalue weighted by atomic mass is 32.1. The van der Waals surface area contributed by atoms with E-state index in [9.17, 15) is 14.4 Å². The number of anilines is 1. The van der Waals surface area contributed by atoms with E-state index in [0.717, 1.165) is 4.88 Å². The van der Waals surface area contributed by atoms with Gasteiger partial charge in [-0.3, -0.25) is 19.8 Å². The van der Waals surface area contributed by atoms with Crippen LogP contribution in [0, 0.1) is 0 Å². The van der Waals surface area contributed by atoms with Crippen molar-refractivity contribution in [1.29, 1.82) is 0 Å². The van der Waals surface area contributed by atoms with Gasteiger partial charge in [0.15, 0.2) is 17.5 Å². The Morgan fingerprint density at radius 3 is 2.50 bits per heavy atom. The molecule has 1 aromatic carbocycles. The Kier molecular flexibility index (Phi) is 7.92. The number of aromatic nitrogens is 2. The van der Waals surface area contributed by atoms with Crippen molar-refractivity contribution in [3.63, 3.8) is 0 Å². The van der Waals surface area contributed by atoms with E-state index in [1.54, 1.807) is 50.2 Å². The van der Waals surface area contributed by atoms with Crippen LogP contribution in [-0.4, -0.2) is 35.3 Å². The van der Waals surface area contributed by atoms with Crippen LogP contribution < -0.4 is 10.9 Å². The lowest BCUT2D eigenvalue weighted by Crippen LogP contribution is -2.23. The van der Waals surface area contributed by atoms with E-state index in [4.69, 9.17) is 9.47 Å². The minimum absolute atomic E-state index is 0.00791. The lowest BCUT2D eigenvalue weighted by Gasteiger charge is -2.16. The van der Waals surface area contributed by atoms with Crippen LogP contribution in [0.3, 0.4) is 0 Å². The molecule has 0 aliphatic carbocycles. The van der Waals surface area contributed by atoms with Crippen molar-refractivity contribution in [3.05, 3.63) is 62.6 Å². The molecule has 2 heterocycles. The molecular weight excluding hydrogens is 434 g/mol. The number of aromatic amines is 2. The molecule has 0 aliphatic heterocycles. The maximum absolute atomic E-state index is 12.7. The fourth-order valence-corrected chi connectivity index (χ4v) is 3.81. The van der Waals surface area contributed by atoms with Crippen molar-refractivity contribution < 1.29 is 19.1 Å². The van der Waals surface area contributed by atoms with Gasteiger partial charge in [0.1, 0.15) is 0 Å². The molecule has 0 aliphatic rings. The number of nitrogens with one attached hydrogen (secondary N) is 3. The number of benzene rings is 1. The second-order valence-corrected chi connectivity index (χ2v) is 7.65. The highest BCUT2D eigenvalue weighted by molar-refractivity contribution is 7.12. The average Bonchev–Trinajstić information content (AvgIpc) is 3.37. The van der Waals surface area contributed by atoms with Crippen LogP contribution >= 0.6 is 11.3 Å². The third kappa shape index (κ3) is 5.91. The van der Waals surface area contributed by atoms with Crippen LogP contribution in [-0.2, 0) is 25.5 Å². The molecule has 3 aromatic rings. The maximum Gasteiger partial charge on any atom is 0.334 e. The van der Waals surface area contributed by atoms with E-state index in [1.165, 1.54) is 11.3 Å². The molecule has 0 bridgehead atoms. The van der Waals surface area contributed by atoms with Gasteiger partial charge in [-0.15, -0.1) is 16.5 Å². The lowest BCUT2D eigenvalue weighted by molar-refractivity contribution is -0.144. The molecule has 0 saturated heterocycles. The lowest BCUT2D eigenvalue weighted by atomic mass is 10.2. The van der Waals surface area contributed by atoms with Gasteiger partial charge in [0, 0.05) is 9.75 Å². The second kappa shape index (κ2) is 11.0. The Balaban J connectivity index is 1.85. The Bertz CT molecular complexity index is 1130. The third-order valence-electron chi connectivity index (χ3n) is 4.18. The molecule has 11 heteroatoms. The van der Waals surface area contributed by atoms with Crippen LogP contribution in [0.25, 0.3) is 0 Å². The molecule has 168 valence electrons. The molecule has 1 unspecified atom stereocenters. The molecule has 0 saturated carbocycles. The summed E-state index contributed by atoms with van der Waals surface area (Å²) in [6.07, 6.45) is 0.103. The fourth-order valence-electron chi connectivity index (χ4n) is 2.77. The van der Waals surface area contributed by atoms with E-state index >= 15 is 0 Å². The fraction of sp³-hybridized carbons (Fsp3) is 0.286. The zero-order chi connectivity index (χ0) is 22.9. The van der Waals surface area contributed by atoms with Gasteiger partial charge in [-0.2, -0.15) is 5.11 Å². The number of thiophene rings is 1. The zero-order valence-electron chi connectivity index (χ0n) is 17.6. The summed E-state index contributed by atoms with van der Waals surface area (Å²) in [6, 6.07) is 11.5.